The Morgan fingerprint density at radius 2 is 2.19 bits per heavy atom. The van der Waals surface area contributed by atoms with Crippen LogP contribution in [-0.4, -0.2) is 29.5 Å². The van der Waals surface area contributed by atoms with Crippen molar-refractivity contribution in [1.82, 2.24) is 4.67 Å². The molecule has 1 aliphatic heterocycles. The largest absolute Gasteiger partial charge is 0.355 e. The summed E-state index contributed by atoms with van der Waals surface area (Å²) in [6.45, 7) is 1.84. The highest BCUT2D eigenvalue weighted by Gasteiger charge is 2.36. The van der Waals surface area contributed by atoms with Crippen LogP contribution >= 0.6 is 18.1 Å². The van der Waals surface area contributed by atoms with E-state index in [4.69, 9.17) is 4.52 Å². The quantitative estimate of drug-likeness (QED) is 0.691. The summed E-state index contributed by atoms with van der Waals surface area (Å²) < 4.78 is 19.4. The van der Waals surface area contributed by atoms with Crippen molar-refractivity contribution in [3.8, 4) is 0 Å². The number of hydrogen-bond acceptors (Lipinski definition) is 4. The molecule has 16 heavy (non-hydrogen) atoms. The van der Waals surface area contributed by atoms with E-state index in [0.717, 1.165) is 25.0 Å². The molecule has 1 saturated heterocycles. The van der Waals surface area contributed by atoms with E-state index in [1.165, 1.54) is 16.1 Å². The van der Waals surface area contributed by atoms with Gasteiger partial charge >= 0.3 is 6.72 Å². The second-order valence-corrected chi connectivity index (χ2v) is 8.20. The van der Waals surface area contributed by atoms with Crippen molar-refractivity contribution in [3.63, 3.8) is 0 Å². The third-order valence-corrected chi connectivity index (χ3v) is 7.30. The lowest BCUT2D eigenvalue weighted by atomic mass is 10.2. The minimum Gasteiger partial charge on any atom is -0.306 e. The summed E-state index contributed by atoms with van der Waals surface area (Å²) in [7, 11) is 0. The van der Waals surface area contributed by atoms with E-state index in [9.17, 15) is 9.36 Å². The molecular formula is C10H20NO3PS. The number of piperidine rings is 1. The van der Waals surface area contributed by atoms with Crippen LogP contribution in [0.3, 0.4) is 0 Å². The number of amides is 1. The average molecular weight is 265 g/mol. The van der Waals surface area contributed by atoms with Crippen molar-refractivity contribution in [1.29, 1.82) is 0 Å². The molecule has 1 atom stereocenters. The Morgan fingerprint density at radius 3 is 2.75 bits per heavy atom. The van der Waals surface area contributed by atoms with Gasteiger partial charge in [-0.3, -0.25) is 14.0 Å². The molecule has 1 unspecified atom stereocenters. The molecule has 0 spiro atoms. The minimum absolute atomic E-state index is 0.0216. The summed E-state index contributed by atoms with van der Waals surface area (Å²) in [5.74, 6) is 0.743. The van der Waals surface area contributed by atoms with Gasteiger partial charge in [0.1, 0.15) is 0 Å². The van der Waals surface area contributed by atoms with Crippen molar-refractivity contribution in [2.45, 2.75) is 39.5 Å². The molecular weight excluding hydrogens is 245 g/mol. The summed E-state index contributed by atoms with van der Waals surface area (Å²) in [4.78, 5) is 11.7. The topological polar surface area (TPSA) is 46.6 Å². The molecule has 1 heterocycles. The molecule has 0 radical (unpaired) electrons. The molecule has 0 aromatic rings. The Bertz CT molecular complexity index is 285. The molecule has 1 fully saturated rings. The minimum atomic E-state index is -2.97. The maximum absolute atomic E-state index is 12.6. The van der Waals surface area contributed by atoms with Gasteiger partial charge in [-0.25, -0.2) is 0 Å². The third-order valence-electron chi connectivity index (χ3n) is 2.34. The van der Waals surface area contributed by atoms with Crippen LogP contribution in [0.5, 0.6) is 0 Å². The lowest BCUT2D eigenvalue weighted by molar-refractivity contribution is -0.128. The standard InChI is InChI=1S/C10H20NO3PS/c1-3-9-16-15(13,14-4-2)11-8-6-5-7-10(11)12/h3-9H2,1-2H3. The first-order chi connectivity index (χ1) is 7.64. The highest BCUT2D eigenvalue weighted by molar-refractivity contribution is 8.56. The van der Waals surface area contributed by atoms with Crippen molar-refractivity contribution >= 4 is 24.0 Å². The van der Waals surface area contributed by atoms with Crippen LogP contribution < -0.4 is 0 Å². The Labute approximate surface area is 101 Å². The van der Waals surface area contributed by atoms with Crippen LogP contribution in [0, 0.1) is 0 Å². The molecule has 4 nitrogen and oxygen atoms in total. The van der Waals surface area contributed by atoms with Gasteiger partial charge in [-0.2, -0.15) is 0 Å². The summed E-state index contributed by atoms with van der Waals surface area (Å²) in [6.07, 6.45) is 3.27. The van der Waals surface area contributed by atoms with Crippen LogP contribution in [0.15, 0.2) is 0 Å². The lowest BCUT2D eigenvalue weighted by Gasteiger charge is -2.32. The van der Waals surface area contributed by atoms with Crippen LogP contribution in [0.1, 0.15) is 39.5 Å². The molecule has 1 aliphatic rings. The van der Waals surface area contributed by atoms with Gasteiger partial charge in [0.05, 0.1) is 6.61 Å². The van der Waals surface area contributed by atoms with Crippen LogP contribution in [0.2, 0.25) is 0 Å². The second-order valence-electron chi connectivity index (χ2n) is 3.69. The number of nitrogens with zero attached hydrogens (tertiary/aromatic N) is 1. The number of hydrogen-bond donors (Lipinski definition) is 0. The van der Waals surface area contributed by atoms with Gasteiger partial charge in [-0.15, -0.1) is 0 Å². The van der Waals surface area contributed by atoms with Gasteiger partial charge in [-0.05, 0) is 37.6 Å². The van der Waals surface area contributed by atoms with E-state index in [-0.39, 0.29) is 5.91 Å². The van der Waals surface area contributed by atoms with Crippen molar-refractivity contribution < 1.29 is 13.9 Å². The summed E-state index contributed by atoms with van der Waals surface area (Å²) in [6, 6.07) is 0. The van der Waals surface area contributed by atoms with Crippen molar-refractivity contribution in [2.75, 3.05) is 18.9 Å². The van der Waals surface area contributed by atoms with E-state index < -0.39 is 6.72 Å². The summed E-state index contributed by atoms with van der Waals surface area (Å²) >= 11 is 1.30. The molecule has 0 aromatic heterocycles. The van der Waals surface area contributed by atoms with Crippen LogP contribution in [0.4, 0.5) is 0 Å². The van der Waals surface area contributed by atoms with Crippen molar-refractivity contribution in [2.24, 2.45) is 0 Å². The maximum Gasteiger partial charge on any atom is 0.355 e. The Morgan fingerprint density at radius 1 is 1.44 bits per heavy atom. The molecule has 0 aromatic carbocycles. The highest BCUT2D eigenvalue weighted by Crippen LogP contribution is 2.63. The fourth-order valence-electron chi connectivity index (χ4n) is 1.60. The van der Waals surface area contributed by atoms with Gasteiger partial charge in [0.2, 0.25) is 5.91 Å². The first-order valence-electron chi connectivity index (χ1n) is 5.84. The molecule has 1 rings (SSSR count). The Balaban J connectivity index is 2.73. The molecule has 94 valence electrons. The number of carbonyl (C=O) groups is 1. The maximum atomic E-state index is 12.6. The Kier molecular flexibility index (Phi) is 5.87. The average Bonchev–Trinajstić information content (AvgIpc) is 2.27. The normalized spacial score (nSPS) is 20.9. The highest BCUT2D eigenvalue weighted by atomic mass is 32.7. The SMILES string of the molecule is CCCSP(=O)(OCC)N1CCCCC1=O. The second kappa shape index (κ2) is 6.67. The van der Waals surface area contributed by atoms with Crippen LogP contribution in [0.25, 0.3) is 0 Å². The summed E-state index contributed by atoms with van der Waals surface area (Å²) in [5.41, 5.74) is 0. The first-order valence-corrected chi connectivity index (χ1v) is 9.01. The molecule has 1 amide bonds. The zero-order valence-electron chi connectivity index (χ0n) is 9.98. The fourth-order valence-corrected chi connectivity index (χ4v) is 6.17. The van der Waals surface area contributed by atoms with E-state index >= 15 is 0 Å². The lowest BCUT2D eigenvalue weighted by Crippen LogP contribution is -2.32. The van der Waals surface area contributed by atoms with Gasteiger partial charge < -0.3 is 4.52 Å². The molecule has 0 aliphatic carbocycles. The predicted octanol–water partition coefficient (Wildman–Crippen LogP) is 3.29. The zero-order chi connectivity index (χ0) is 12.0. The molecule has 0 bridgehead atoms. The van der Waals surface area contributed by atoms with Gasteiger partial charge in [0.15, 0.2) is 0 Å². The third kappa shape index (κ3) is 3.51. The predicted molar refractivity (Wildman–Crippen MR) is 67.5 cm³/mol. The van der Waals surface area contributed by atoms with E-state index in [1.807, 2.05) is 13.8 Å². The Hall–Kier alpha value is 0.0100. The van der Waals surface area contributed by atoms with E-state index in [1.54, 1.807) is 0 Å². The molecule has 0 N–H and O–H groups in total. The van der Waals surface area contributed by atoms with Gasteiger partial charge in [-0.1, -0.05) is 6.92 Å². The molecule has 0 saturated carbocycles. The van der Waals surface area contributed by atoms with Crippen LogP contribution in [-0.2, 0) is 13.9 Å². The fraction of sp³-hybridized carbons (Fsp3) is 0.900. The molecule has 6 heteroatoms. The van der Waals surface area contributed by atoms with E-state index in [2.05, 4.69) is 0 Å². The smallest absolute Gasteiger partial charge is 0.306 e. The van der Waals surface area contributed by atoms with E-state index in [0.29, 0.717) is 19.6 Å². The van der Waals surface area contributed by atoms with Gasteiger partial charge in [0.25, 0.3) is 0 Å². The van der Waals surface area contributed by atoms with Crippen molar-refractivity contribution in [3.05, 3.63) is 0 Å². The zero-order valence-corrected chi connectivity index (χ0v) is 11.7. The van der Waals surface area contributed by atoms with Gasteiger partial charge in [0, 0.05) is 18.7 Å². The summed E-state index contributed by atoms with van der Waals surface area (Å²) in [5, 5.41) is 0. The monoisotopic (exact) mass is 265 g/mol. The number of carbonyl (C=O) groups excluding carboxylic acids is 1. The number of rotatable bonds is 6. The first kappa shape index (κ1) is 14.1.